The van der Waals surface area contributed by atoms with Gasteiger partial charge >= 0.3 is 15.6 Å². The van der Waals surface area contributed by atoms with Crippen molar-refractivity contribution in [1.29, 1.82) is 0 Å². The van der Waals surface area contributed by atoms with Crippen LogP contribution in [-0.4, -0.2) is 123 Å². The topological polar surface area (TPSA) is 338 Å². The SMILES string of the molecule is CC(=O)c1ccc(OCC2OC(OP(=O)(O)OP(=O)(O)OCC3OC(n4cnc5c(=O)[nH]c(N)nc54)C(O)C3O)C(O)C(O)C2O)cc1. The van der Waals surface area contributed by atoms with Crippen LogP contribution in [0.2, 0.25) is 0 Å². The summed E-state index contributed by atoms with van der Waals surface area (Å²) in [5, 5.41) is 51.8. The minimum Gasteiger partial charge on any atom is -0.491 e. The number of rotatable bonds is 12. The summed E-state index contributed by atoms with van der Waals surface area (Å²) in [5.74, 6) is -0.263. The van der Waals surface area contributed by atoms with Crippen molar-refractivity contribution < 1.29 is 76.8 Å². The fourth-order valence-corrected chi connectivity index (χ4v) is 6.96. The Morgan fingerprint density at radius 3 is 2.27 bits per heavy atom. The highest BCUT2D eigenvalue weighted by atomic mass is 31.3. The van der Waals surface area contributed by atoms with Gasteiger partial charge in [-0.15, -0.1) is 0 Å². The first-order valence-electron chi connectivity index (χ1n) is 13.8. The van der Waals surface area contributed by atoms with Gasteiger partial charge in [0.1, 0.15) is 55.1 Å². The second-order valence-corrected chi connectivity index (χ2v) is 13.6. The van der Waals surface area contributed by atoms with E-state index in [2.05, 4.69) is 28.3 Å². The molecule has 2 saturated heterocycles. The van der Waals surface area contributed by atoms with Crippen LogP contribution < -0.4 is 16.0 Å². The molecule has 11 unspecified atom stereocenters. The normalized spacial score (nSPS) is 31.7. The molecular formula is C24H31N5O17P2. The van der Waals surface area contributed by atoms with Crippen molar-refractivity contribution in [2.24, 2.45) is 0 Å². The third kappa shape index (κ3) is 7.83. The van der Waals surface area contributed by atoms with Crippen LogP contribution in [0.3, 0.4) is 0 Å². The molecule has 2 fully saturated rings. The first kappa shape index (κ1) is 36.1. The van der Waals surface area contributed by atoms with Gasteiger partial charge in [-0.3, -0.25) is 28.2 Å². The number of carbonyl (C=O) groups is 1. The quantitative estimate of drug-likeness (QED) is 0.0698. The number of aliphatic hydroxyl groups excluding tert-OH is 5. The molecule has 3 aromatic rings. The van der Waals surface area contributed by atoms with Crippen molar-refractivity contribution in [3.63, 3.8) is 0 Å². The summed E-state index contributed by atoms with van der Waals surface area (Å²) >= 11 is 0. The number of hydrogen-bond donors (Lipinski definition) is 9. The van der Waals surface area contributed by atoms with Gasteiger partial charge < -0.3 is 55.3 Å². The maximum atomic E-state index is 12.6. The summed E-state index contributed by atoms with van der Waals surface area (Å²) in [6.07, 6.45) is -15.0. The summed E-state index contributed by atoms with van der Waals surface area (Å²) in [6, 6.07) is 5.80. The highest BCUT2D eigenvalue weighted by Gasteiger charge is 2.50. The molecule has 2 aliphatic heterocycles. The Kier molecular flexibility index (Phi) is 10.5. The number of ether oxygens (including phenoxy) is 3. The zero-order valence-electron chi connectivity index (χ0n) is 24.5. The van der Waals surface area contributed by atoms with Gasteiger partial charge in [0.25, 0.3) is 5.56 Å². The number of aromatic amines is 1. The summed E-state index contributed by atoms with van der Waals surface area (Å²) in [7, 11) is -11.2. The lowest BCUT2D eigenvalue weighted by molar-refractivity contribution is -0.279. The minimum absolute atomic E-state index is 0.120. The Labute approximate surface area is 268 Å². The second-order valence-electron chi connectivity index (χ2n) is 10.6. The maximum absolute atomic E-state index is 12.6. The molecule has 0 radical (unpaired) electrons. The number of aliphatic hydroxyl groups is 5. The highest BCUT2D eigenvalue weighted by Crippen LogP contribution is 2.61. The number of nitrogens with zero attached hydrogens (tertiary/aromatic N) is 3. The van der Waals surface area contributed by atoms with E-state index in [-0.39, 0.29) is 28.6 Å². The number of carbonyl (C=O) groups excluding carboxylic acids is 1. The monoisotopic (exact) mass is 723 g/mol. The van der Waals surface area contributed by atoms with Crippen molar-refractivity contribution in [2.75, 3.05) is 18.9 Å². The average molecular weight is 723 g/mol. The lowest BCUT2D eigenvalue weighted by Gasteiger charge is -2.40. The largest absolute Gasteiger partial charge is 0.491 e. The molecule has 0 aliphatic carbocycles. The van der Waals surface area contributed by atoms with Crippen molar-refractivity contribution in [3.8, 4) is 5.75 Å². The number of phosphoric ester groups is 2. The van der Waals surface area contributed by atoms with E-state index in [0.29, 0.717) is 5.56 Å². The molecule has 264 valence electrons. The van der Waals surface area contributed by atoms with Crippen LogP contribution in [0.5, 0.6) is 5.75 Å². The van der Waals surface area contributed by atoms with Crippen LogP contribution in [0.15, 0.2) is 35.4 Å². The molecule has 10 N–H and O–H groups in total. The van der Waals surface area contributed by atoms with E-state index in [1.54, 1.807) is 0 Å². The molecule has 22 nitrogen and oxygen atoms in total. The molecule has 5 rings (SSSR count). The number of ketones is 1. The van der Waals surface area contributed by atoms with Crippen LogP contribution in [0.4, 0.5) is 5.95 Å². The number of nitrogens with two attached hydrogens (primary N) is 1. The number of phosphoric acid groups is 2. The van der Waals surface area contributed by atoms with Gasteiger partial charge in [-0.1, -0.05) is 0 Å². The summed E-state index contributed by atoms with van der Waals surface area (Å²) in [5.41, 5.74) is 4.96. The van der Waals surface area contributed by atoms with Crippen LogP contribution in [0, 0.1) is 0 Å². The van der Waals surface area contributed by atoms with E-state index in [1.165, 1.54) is 31.2 Å². The first-order valence-corrected chi connectivity index (χ1v) is 16.8. The molecular weight excluding hydrogens is 692 g/mol. The van der Waals surface area contributed by atoms with E-state index in [0.717, 1.165) is 10.9 Å². The predicted molar refractivity (Wildman–Crippen MR) is 155 cm³/mol. The van der Waals surface area contributed by atoms with Gasteiger partial charge in [-0.25, -0.2) is 14.1 Å². The lowest BCUT2D eigenvalue weighted by Crippen LogP contribution is -2.59. The van der Waals surface area contributed by atoms with Gasteiger partial charge in [-0.05, 0) is 31.2 Å². The zero-order valence-corrected chi connectivity index (χ0v) is 26.3. The predicted octanol–water partition coefficient (Wildman–Crippen LogP) is -2.34. The number of Topliss-reactive ketones (excluding diaryl/α,β-unsaturated/α-hetero) is 1. The summed E-state index contributed by atoms with van der Waals surface area (Å²) < 4.78 is 56.1. The van der Waals surface area contributed by atoms with E-state index in [4.69, 9.17) is 19.9 Å². The van der Waals surface area contributed by atoms with Crippen molar-refractivity contribution in [3.05, 3.63) is 46.5 Å². The smallest absolute Gasteiger partial charge is 0.483 e. The Morgan fingerprint density at radius 1 is 0.958 bits per heavy atom. The standard InChI is InChI=1S/C24H31N5O17P2/c1-9(30)10-2-4-11(5-3-10)41-6-12-15(31)17(33)19(35)23(44-12)45-48(39,40)46-47(37,38)42-7-13-16(32)18(34)22(43-13)29-8-26-14-20(29)27-24(25)28-21(14)36/h2-5,8,12-13,15-19,22-23,31-35H,6-7H2,1H3,(H,37,38)(H,39,40)(H3,25,27,28,36). The number of nitrogens with one attached hydrogen (secondary N) is 1. The molecule has 24 heteroatoms. The third-order valence-corrected chi connectivity index (χ3v) is 9.85. The number of fused-ring (bicyclic) bond motifs is 1. The number of H-pyrrole nitrogens is 1. The van der Waals surface area contributed by atoms with E-state index in [9.17, 15) is 54.0 Å². The summed E-state index contributed by atoms with van der Waals surface area (Å²) in [6.45, 7) is -0.139. The van der Waals surface area contributed by atoms with Gasteiger partial charge in [0.2, 0.25) is 5.95 Å². The van der Waals surface area contributed by atoms with Crippen LogP contribution in [0.25, 0.3) is 11.2 Å². The Balaban J connectivity index is 1.18. The van der Waals surface area contributed by atoms with Gasteiger partial charge in [-0.2, -0.15) is 9.29 Å². The van der Waals surface area contributed by atoms with Gasteiger partial charge in [0.05, 0.1) is 12.9 Å². The fraction of sp³-hybridized carbons (Fsp3) is 0.500. The van der Waals surface area contributed by atoms with E-state index < -0.39 is 89.7 Å². The molecule has 0 spiro atoms. The number of anilines is 1. The number of nitrogen functional groups attached to an aromatic ring is 1. The van der Waals surface area contributed by atoms with Crippen LogP contribution in [-0.2, 0) is 32.0 Å². The highest BCUT2D eigenvalue weighted by molar-refractivity contribution is 7.61. The number of aromatic nitrogens is 4. The van der Waals surface area contributed by atoms with Gasteiger partial charge in [0.15, 0.2) is 29.5 Å². The van der Waals surface area contributed by atoms with Crippen molar-refractivity contribution in [2.45, 2.75) is 62.2 Å². The van der Waals surface area contributed by atoms with Crippen molar-refractivity contribution >= 4 is 38.5 Å². The third-order valence-electron chi connectivity index (χ3n) is 7.25. The molecule has 0 saturated carbocycles. The average Bonchev–Trinajstić information content (AvgIpc) is 3.55. The van der Waals surface area contributed by atoms with E-state index >= 15 is 0 Å². The zero-order chi connectivity index (χ0) is 35.1. The lowest BCUT2D eigenvalue weighted by atomic mass is 9.99. The molecule has 2 aromatic heterocycles. The fourth-order valence-electron chi connectivity index (χ4n) is 4.80. The number of hydrogen-bond acceptors (Lipinski definition) is 18. The second kappa shape index (κ2) is 14.0. The molecule has 2 aliphatic rings. The molecule has 0 amide bonds. The maximum Gasteiger partial charge on any atom is 0.483 e. The van der Waals surface area contributed by atoms with Crippen molar-refractivity contribution in [1.82, 2.24) is 19.5 Å². The van der Waals surface area contributed by atoms with Gasteiger partial charge in [0, 0.05) is 5.56 Å². The first-order chi connectivity index (χ1) is 22.5. The minimum atomic E-state index is -5.67. The van der Waals surface area contributed by atoms with E-state index in [1.807, 2.05) is 0 Å². The number of benzene rings is 1. The Morgan fingerprint density at radius 2 is 1.60 bits per heavy atom. The van der Waals surface area contributed by atoms with Crippen LogP contribution >= 0.6 is 15.6 Å². The van der Waals surface area contributed by atoms with Crippen LogP contribution in [0.1, 0.15) is 23.5 Å². The number of imidazole rings is 1. The molecule has 0 bridgehead atoms. The Hall–Kier alpha value is -3.18. The molecule has 48 heavy (non-hydrogen) atoms. The summed E-state index contributed by atoms with van der Waals surface area (Å²) in [4.78, 5) is 53.8. The molecule has 4 heterocycles. The molecule has 11 atom stereocenters. The molecule has 1 aromatic carbocycles. The Bertz CT molecular complexity index is 1790.